The van der Waals surface area contributed by atoms with Crippen molar-refractivity contribution in [3.8, 4) is 0 Å². The van der Waals surface area contributed by atoms with E-state index in [4.69, 9.17) is 4.74 Å². The van der Waals surface area contributed by atoms with E-state index in [9.17, 15) is 24.6 Å². The molecule has 0 bridgehead atoms. The summed E-state index contributed by atoms with van der Waals surface area (Å²) in [7, 11) is 0. The summed E-state index contributed by atoms with van der Waals surface area (Å²) < 4.78 is 4.89. The minimum absolute atomic E-state index is 0. The number of carbonyl (C=O) groups is 3. The fourth-order valence-corrected chi connectivity index (χ4v) is 7.44. The first kappa shape index (κ1) is 23.6. The molecular weight excluding hydrogens is 451 g/mol. The molecule has 3 saturated carbocycles. The van der Waals surface area contributed by atoms with Crippen molar-refractivity contribution in [1.29, 1.82) is 0 Å². The van der Waals surface area contributed by atoms with Crippen molar-refractivity contribution in [2.75, 3.05) is 6.61 Å². The van der Waals surface area contributed by atoms with E-state index in [2.05, 4.69) is 6.92 Å². The van der Waals surface area contributed by atoms with Crippen LogP contribution < -0.4 is 0 Å². The predicted molar refractivity (Wildman–Crippen MR) is 113 cm³/mol. The zero-order valence-electron chi connectivity index (χ0n) is 18.1. The molecular formula is C23H34O6Se. The van der Waals surface area contributed by atoms with Crippen LogP contribution in [0.25, 0.3) is 0 Å². The average molecular weight is 485 g/mol. The molecule has 6 nitrogen and oxygen atoms in total. The molecule has 0 aliphatic heterocycles. The number of carbonyl (C=O) groups excluding carboxylic acids is 3. The van der Waals surface area contributed by atoms with Gasteiger partial charge in [-0.15, -0.1) is 0 Å². The van der Waals surface area contributed by atoms with Crippen molar-refractivity contribution in [3.63, 3.8) is 0 Å². The summed E-state index contributed by atoms with van der Waals surface area (Å²) in [4.78, 5) is 36.0. The zero-order valence-corrected chi connectivity index (χ0v) is 20.2. The summed E-state index contributed by atoms with van der Waals surface area (Å²) in [6.45, 7) is 4.92. The normalized spacial score (nSPS) is 44.7. The number of ketones is 2. The van der Waals surface area contributed by atoms with Crippen LogP contribution >= 0.6 is 0 Å². The van der Waals surface area contributed by atoms with E-state index in [0.29, 0.717) is 19.3 Å². The van der Waals surface area contributed by atoms with Gasteiger partial charge in [-0.3, -0.25) is 14.4 Å². The molecule has 0 amide bonds. The Hall–Kier alpha value is -1.01. The first-order valence-corrected chi connectivity index (χ1v) is 10.8. The Labute approximate surface area is 188 Å². The number of aliphatic hydroxyl groups is 2. The van der Waals surface area contributed by atoms with E-state index in [0.717, 1.165) is 31.3 Å². The molecule has 3 fully saturated rings. The molecule has 0 spiro atoms. The standard InChI is InChI=1S/C23H32O6.H2Se/c1-13(24)29-12-19(27)23(28)9-7-17-16-5-4-14-10-15(25)6-8-21(14,2)20(16)18(26)11-22(17,23)3;/h10,16-18,20,26,28H,4-9,11-12H2,1-3H3;1H2/t16-,17-,18-,20+,21-,22-,23-;/m0./s1. The first-order chi connectivity index (χ1) is 13.5. The van der Waals surface area contributed by atoms with Crippen molar-refractivity contribution < 1.29 is 29.3 Å². The fourth-order valence-electron chi connectivity index (χ4n) is 7.44. The summed E-state index contributed by atoms with van der Waals surface area (Å²) >= 11 is 0. The topological polar surface area (TPSA) is 101 Å². The van der Waals surface area contributed by atoms with E-state index in [1.54, 1.807) is 6.08 Å². The van der Waals surface area contributed by atoms with Crippen LogP contribution in [0.4, 0.5) is 0 Å². The van der Waals surface area contributed by atoms with Crippen molar-refractivity contribution in [3.05, 3.63) is 11.6 Å². The van der Waals surface area contributed by atoms with Gasteiger partial charge in [0.15, 0.2) is 12.4 Å². The number of fused-ring (bicyclic) bond motifs is 5. The first-order valence-electron chi connectivity index (χ1n) is 10.8. The summed E-state index contributed by atoms with van der Waals surface area (Å²) in [5.41, 5.74) is -1.36. The van der Waals surface area contributed by atoms with Crippen LogP contribution in [0.1, 0.15) is 65.7 Å². The molecule has 168 valence electrons. The Balaban J connectivity index is 0.00000256. The van der Waals surface area contributed by atoms with Gasteiger partial charge in [-0.1, -0.05) is 19.4 Å². The van der Waals surface area contributed by atoms with Crippen LogP contribution in [0.3, 0.4) is 0 Å². The molecule has 7 heteroatoms. The molecule has 4 aliphatic carbocycles. The van der Waals surface area contributed by atoms with Gasteiger partial charge in [0, 0.05) is 18.8 Å². The molecule has 0 radical (unpaired) electrons. The second-order valence-corrected chi connectivity index (χ2v) is 10.2. The van der Waals surface area contributed by atoms with Gasteiger partial charge in [0.25, 0.3) is 0 Å². The van der Waals surface area contributed by atoms with Crippen LogP contribution in [-0.4, -0.2) is 63.1 Å². The van der Waals surface area contributed by atoms with Crippen LogP contribution in [0, 0.1) is 28.6 Å². The zero-order chi connectivity index (χ0) is 21.2. The quantitative estimate of drug-likeness (QED) is 0.464. The molecule has 0 aromatic heterocycles. The van der Waals surface area contributed by atoms with Crippen molar-refractivity contribution in [2.24, 2.45) is 28.6 Å². The number of ether oxygens (including phenoxy) is 1. The maximum absolute atomic E-state index is 12.9. The van der Waals surface area contributed by atoms with Gasteiger partial charge in [0.2, 0.25) is 5.78 Å². The van der Waals surface area contributed by atoms with Crippen molar-refractivity contribution in [1.82, 2.24) is 0 Å². The molecule has 0 unspecified atom stereocenters. The summed E-state index contributed by atoms with van der Waals surface area (Å²) in [5, 5.41) is 22.8. The van der Waals surface area contributed by atoms with Crippen LogP contribution in [0.2, 0.25) is 0 Å². The Bertz CT molecular complexity index is 793. The molecule has 30 heavy (non-hydrogen) atoms. The molecule has 0 heterocycles. The predicted octanol–water partition coefficient (Wildman–Crippen LogP) is 1.44. The molecule has 0 saturated heterocycles. The molecule has 2 N–H and O–H groups in total. The monoisotopic (exact) mass is 486 g/mol. The second kappa shape index (κ2) is 7.84. The number of rotatable bonds is 3. The number of esters is 1. The van der Waals surface area contributed by atoms with Gasteiger partial charge >= 0.3 is 23.0 Å². The van der Waals surface area contributed by atoms with E-state index < -0.39 is 35.5 Å². The third-order valence-corrected chi connectivity index (χ3v) is 8.92. The van der Waals surface area contributed by atoms with E-state index in [-0.39, 0.29) is 46.0 Å². The molecule has 4 rings (SSSR count). The SMILES string of the molecule is CC(=O)OCC(=O)[C@@]1(O)CC[C@H]2[C@@H]3CCC4=CC(=O)CC[C@]4(C)[C@H]3[C@@H](O)C[C@@]21C.[SeH2]. The van der Waals surface area contributed by atoms with Gasteiger partial charge in [0.05, 0.1) is 6.10 Å². The number of allylic oxidation sites excluding steroid dienone is 1. The third-order valence-electron chi connectivity index (χ3n) is 8.92. The van der Waals surface area contributed by atoms with E-state index in [1.807, 2.05) is 6.92 Å². The van der Waals surface area contributed by atoms with Crippen molar-refractivity contribution in [2.45, 2.75) is 77.4 Å². The Morgan fingerprint density at radius 2 is 1.90 bits per heavy atom. The van der Waals surface area contributed by atoms with E-state index in [1.165, 1.54) is 6.92 Å². The molecule has 0 aromatic carbocycles. The van der Waals surface area contributed by atoms with E-state index >= 15 is 0 Å². The molecule has 7 atom stereocenters. The fraction of sp³-hybridized carbons (Fsp3) is 0.783. The minimum atomic E-state index is -1.58. The van der Waals surface area contributed by atoms with Crippen LogP contribution in [0.15, 0.2) is 11.6 Å². The average Bonchev–Trinajstić information content (AvgIpc) is 2.91. The number of hydrogen-bond donors (Lipinski definition) is 2. The Kier molecular flexibility index (Phi) is 6.18. The summed E-state index contributed by atoms with van der Waals surface area (Å²) in [6, 6.07) is 0. The Morgan fingerprint density at radius 1 is 1.20 bits per heavy atom. The second-order valence-electron chi connectivity index (χ2n) is 10.2. The van der Waals surface area contributed by atoms with Crippen LogP contribution in [-0.2, 0) is 19.1 Å². The Morgan fingerprint density at radius 3 is 2.57 bits per heavy atom. The van der Waals surface area contributed by atoms with Gasteiger partial charge in [-0.05, 0) is 67.8 Å². The maximum atomic E-state index is 12.9. The third kappa shape index (κ3) is 3.24. The van der Waals surface area contributed by atoms with Gasteiger partial charge in [0.1, 0.15) is 5.60 Å². The van der Waals surface area contributed by atoms with Crippen molar-refractivity contribution >= 4 is 34.6 Å². The van der Waals surface area contributed by atoms with Crippen LogP contribution in [0.5, 0.6) is 0 Å². The number of hydrogen-bond acceptors (Lipinski definition) is 6. The van der Waals surface area contributed by atoms with Gasteiger partial charge in [-0.25, -0.2) is 0 Å². The molecule has 0 aromatic rings. The summed E-state index contributed by atoms with van der Waals surface area (Å²) in [6.07, 6.45) is 5.54. The number of Topliss-reactive ketones (excluding diaryl/α,β-unsaturated/α-hetero) is 1. The summed E-state index contributed by atoms with van der Waals surface area (Å²) in [5.74, 6) is -0.462. The van der Waals surface area contributed by atoms with Gasteiger partial charge in [-0.2, -0.15) is 0 Å². The molecule has 4 aliphatic rings. The number of aliphatic hydroxyl groups excluding tert-OH is 1. The van der Waals surface area contributed by atoms with Gasteiger partial charge < -0.3 is 14.9 Å².